The molecule has 0 saturated heterocycles. The van der Waals surface area contributed by atoms with Gasteiger partial charge in [-0.15, -0.1) is 0 Å². The standard InChI is InChI=1S/C10H18O2/c1-2-7-12-8-6-10(11)9-4-3-5-9/h9H,2-8H2,1H3. The molecule has 0 aliphatic heterocycles. The normalized spacial score (nSPS) is 17.4. The van der Waals surface area contributed by atoms with Gasteiger partial charge >= 0.3 is 0 Å². The van der Waals surface area contributed by atoms with E-state index in [0.29, 0.717) is 24.7 Å². The molecular formula is C10H18O2. The lowest BCUT2D eigenvalue weighted by molar-refractivity contribution is -0.126. The van der Waals surface area contributed by atoms with Gasteiger partial charge in [-0.25, -0.2) is 0 Å². The van der Waals surface area contributed by atoms with E-state index in [0.717, 1.165) is 25.9 Å². The summed E-state index contributed by atoms with van der Waals surface area (Å²) in [4.78, 5) is 11.3. The molecule has 0 aromatic rings. The molecule has 0 radical (unpaired) electrons. The SMILES string of the molecule is CCCOCCC(=O)C1CCC1. The van der Waals surface area contributed by atoms with Crippen molar-refractivity contribution >= 4 is 5.78 Å². The van der Waals surface area contributed by atoms with Crippen LogP contribution in [0.5, 0.6) is 0 Å². The van der Waals surface area contributed by atoms with E-state index < -0.39 is 0 Å². The molecule has 1 fully saturated rings. The van der Waals surface area contributed by atoms with Crippen LogP contribution < -0.4 is 0 Å². The van der Waals surface area contributed by atoms with E-state index in [2.05, 4.69) is 6.92 Å². The van der Waals surface area contributed by atoms with Crippen LogP contribution in [0.2, 0.25) is 0 Å². The third-order valence-corrected chi connectivity index (χ3v) is 2.40. The van der Waals surface area contributed by atoms with Crippen molar-refractivity contribution in [1.29, 1.82) is 0 Å². The number of rotatable bonds is 6. The van der Waals surface area contributed by atoms with Crippen molar-refractivity contribution < 1.29 is 9.53 Å². The number of ketones is 1. The maximum Gasteiger partial charge on any atom is 0.138 e. The van der Waals surface area contributed by atoms with Gasteiger partial charge in [-0.1, -0.05) is 13.3 Å². The Morgan fingerprint density at radius 1 is 1.42 bits per heavy atom. The summed E-state index contributed by atoms with van der Waals surface area (Å²) < 4.78 is 5.25. The Kier molecular flexibility index (Phi) is 4.30. The Hall–Kier alpha value is -0.370. The van der Waals surface area contributed by atoms with Crippen molar-refractivity contribution in [2.24, 2.45) is 5.92 Å². The van der Waals surface area contributed by atoms with Crippen LogP contribution in [0.25, 0.3) is 0 Å². The highest BCUT2D eigenvalue weighted by Gasteiger charge is 2.24. The number of Topliss-reactive ketones (excluding diaryl/α,β-unsaturated/α-hetero) is 1. The molecule has 0 unspecified atom stereocenters. The second-order valence-corrected chi connectivity index (χ2v) is 3.46. The first kappa shape index (κ1) is 9.72. The predicted octanol–water partition coefficient (Wildman–Crippen LogP) is 2.17. The largest absolute Gasteiger partial charge is 0.381 e. The summed E-state index contributed by atoms with van der Waals surface area (Å²) >= 11 is 0. The number of hydrogen-bond acceptors (Lipinski definition) is 2. The first-order valence-corrected chi connectivity index (χ1v) is 4.95. The minimum atomic E-state index is 0.384. The third kappa shape index (κ3) is 2.94. The fourth-order valence-electron chi connectivity index (χ4n) is 1.35. The molecule has 70 valence electrons. The van der Waals surface area contributed by atoms with E-state index in [1.54, 1.807) is 0 Å². The number of hydrogen-bond donors (Lipinski definition) is 0. The van der Waals surface area contributed by atoms with E-state index in [9.17, 15) is 4.79 Å². The maximum atomic E-state index is 11.3. The second kappa shape index (κ2) is 5.31. The summed E-state index contributed by atoms with van der Waals surface area (Å²) in [5, 5.41) is 0. The van der Waals surface area contributed by atoms with Gasteiger partial charge in [0.25, 0.3) is 0 Å². The molecular weight excluding hydrogens is 152 g/mol. The van der Waals surface area contributed by atoms with Crippen molar-refractivity contribution in [3.63, 3.8) is 0 Å². The van der Waals surface area contributed by atoms with Crippen LogP contribution in [0, 0.1) is 5.92 Å². The second-order valence-electron chi connectivity index (χ2n) is 3.46. The number of carbonyl (C=O) groups is 1. The van der Waals surface area contributed by atoms with Crippen molar-refractivity contribution in [3.8, 4) is 0 Å². The Morgan fingerprint density at radius 2 is 2.17 bits per heavy atom. The molecule has 1 aliphatic carbocycles. The molecule has 1 aliphatic rings. The van der Waals surface area contributed by atoms with Crippen molar-refractivity contribution in [3.05, 3.63) is 0 Å². The highest BCUT2D eigenvalue weighted by Crippen LogP contribution is 2.27. The minimum Gasteiger partial charge on any atom is -0.381 e. The summed E-state index contributed by atoms with van der Waals surface area (Å²) in [5.41, 5.74) is 0. The molecule has 0 bridgehead atoms. The molecule has 12 heavy (non-hydrogen) atoms. The van der Waals surface area contributed by atoms with Crippen LogP contribution >= 0.6 is 0 Å². The highest BCUT2D eigenvalue weighted by atomic mass is 16.5. The van der Waals surface area contributed by atoms with Gasteiger partial charge in [-0.05, 0) is 19.3 Å². The van der Waals surface area contributed by atoms with Crippen LogP contribution in [0.15, 0.2) is 0 Å². The first-order chi connectivity index (χ1) is 5.84. The van der Waals surface area contributed by atoms with Crippen LogP contribution in [0.1, 0.15) is 39.0 Å². The van der Waals surface area contributed by atoms with E-state index in [-0.39, 0.29) is 0 Å². The van der Waals surface area contributed by atoms with Gasteiger partial charge in [0.15, 0.2) is 0 Å². The lowest BCUT2D eigenvalue weighted by Crippen LogP contribution is -2.22. The number of carbonyl (C=O) groups excluding carboxylic acids is 1. The molecule has 0 aromatic carbocycles. The smallest absolute Gasteiger partial charge is 0.138 e. The topological polar surface area (TPSA) is 26.3 Å². The Labute approximate surface area is 74.3 Å². The van der Waals surface area contributed by atoms with Gasteiger partial charge in [0.1, 0.15) is 5.78 Å². The average molecular weight is 170 g/mol. The van der Waals surface area contributed by atoms with E-state index >= 15 is 0 Å². The summed E-state index contributed by atoms with van der Waals surface area (Å²) in [6.07, 6.45) is 5.15. The van der Waals surface area contributed by atoms with Crippen molar-refractivity contribution in [2.75, 3.05) is 13.2 Å². The zero-order chi connectivity index (χ0) is 8.81. The van der Waals surface area contributed by atoms with Crippen molar-refractivity contribution in [2.45, 2.75) is 39.0 Å². The van der Waals surface area contributed by atoms with Gasteiger partial charge in [0.05, 0.1) is 6.61 Å². The monoisotopic (exact) mass is 170 g/mol. The zero-order valence-electron chi connectivity index (χ0n) is 7.84. The molecule has 0 heterocycles. The maximum absolute atomic E-state index is 11.3. The van der Waals surface area contributed by atoms with Crippen LogP contribution in [0.3, 0.4) is 0 Å². The molecule has 0 aromatic heterocycles. The third-order valence-electron chi connectivity index (χ3n) is 2.40. The van der Waals surface area contributed by atoms with Crippen LogP contribution in [-0.2, 0) is 9.53 Å². The molecule has 0 amide bonds. The number of ether oxygens (including phenoxy) is 1. The van der Waals surface area contributed by atoms with Gasteiger partial charge in [-0.3, -0.25) is 4.79 Å². The Balaban J connectivity index is 1.94. The minimum absolute atomic E-state index is 0.384. The van der Waals surface area contributed by atoms with Crippen molar-refractivity contribution in [1.82, 2.24) is 0 Å². The van der Waals surface area contributed by atoms with Crippen LogP contribution in [-0.4, -0.2) is 19.0 Å². The van der Waals surface area contributed by atoms with Gasteiger partial charge < -0.3 is 4.74 Å². The highest BCUT2D eigenvalue weighted by molar-refractivity contribution is 5.81. The van der Waals surface area contributed by atoms with Gasteiger partial charge in [0, 0.05) is 18.9 Å². The summed E-state index contributed by atoms with van der Waals surface area (Å²) in [6, 6.07) is 0. The molecule has 2 heteroatoms. The quantitative estimate of drug-likeness (QED) is 0.571. The lowest BCUT2D eigenvalue weighted by atomic mass is 9.81. The molecule has 0 atom stereocenters. The summed E-state index contributed by atoms with van der Waals surface area (Å²) in [7, 11) is 0. The molecule has 1 rings (SSSR count). The Morgan fingerprint density at radius 3 is 2.67 bits per heavy atom. The summed E-state index contributed by atoms with van der Waals surface area (Å²) in [6.45, 7) is 3.49. The van der Waals surface area contributed by atoms with Gasteiger partial charge in [0.2, 0.25) is 0 Å². The first-order valence-electron chi connectivity index (χ1n) is 4.95. The van der Waals surface area contributed by atoms with Crippen LogP contribution in [0.4, 0.5) is 0 Å². The molecule has 1 saturated carbocycles. The lowest BCUT2D eigenvalue weighted by Gasteiger charge is -2.23. The molecule has 0 N–H and O–H groups in total. The fourth-order valence-corrected chi connectivity index (χ4v) is 1.35. The molecule has 0 spiro atoms. The van der Waals surface area contributed by atoms with E-state index in [1.807, 2.05) is 0 Å². The van der Waals surface area contributed by atoms with E-state index in [4.69, 9.17) is 4.74 Å². The fraction of sp³-hybridized carbons (Fsp3) is 0.900. The zero-order valence-corrected chi connectivity index (χ0v) is 7.84. The molecule has 2 nitrogen and oxygen atoms in total. The van der Waals surface area contributed by atoms with Gasteiger partial charge in [-0.2, -0.15) is 0 Å². The average Bonchev–Trinajstić information content (AvgIpc) is 1.95. The predicted molar refractivity (Wildman–Crippen MR) is 48.1 cm³/mol. The van der Waals surface area contributed by atoms with E-state index in [1.165, 1.54) is 6.42 Å². The Bertz CT molecular complexity index is 139. The summed E-state index contributed by atoms with van der Waals surface area (Å²) in [5.74, 6) is 0.799.